The summed E-state index contributed by atoms with van der Waals surface area (Å²) >= 11 is 0. The average Bonchev–Trinajstić information content (AvgIpc) is 3.00. The van der Waals surface area contributed by atoms with Gasteiger partial charge in [0.1, 0.15) is 0 Å². The van der Waals surface area contributed by atoms with Gasteiger partial charge in [0.25, 0.3) is 0 Å². The molecule has 0 amide bonds. The fourth-order valence-electron chi connectivity index (χ4n) is 3.79. The monoisotopic (exact) mass is 399 g/mol. The van der Waals surface area contributed by atoms with Gasteiger partial charge in [-0.05, 0) is 51.0 Å². The largest absolute Gasteiger partial charge is 0.306 e. The molecule has 0 spiro atoms. The summed E-state index contributed by atoms with van der Waals surface area (Å²) in [7, 11) is 2.22. The molecule has 4 rings (SSSR count). The molecule has 2 aromatic carbocycles. The summed E-state index contributed by atoms with van der Waals surface area (Å²) in [6.07, 6.45) is 3.46. The van der Waals surface area contributed by atoms with Crippen molar-refractivity contribution in [2.75, 3.05) is 20.1 Å². The third kappa shape index (κ3) is 3.96. The zero-order valence-electron chi connectivity index (χ0n) is 14.8. The summed E-state index contributed by atoms with van der Waals surface area (Å²) in [6, 6.07) is 19.4. The molecule has 0 unspecified atom stereocenters. The van der Waals surface area contributed by atoms with Crippen LogP contribution in [-0.2, 0) is 13.0 Å². The molecule has 3 aromatic rings. The highest BCUT2D eigenvalue weighted by molar-refractivity contribution is 8.93. The maximum atomic E-state index is 5.05. The van der Waals surface area contributed by atoms with Gasteiger partial charge in [-0.15, -0.1) is 17.0 Å². The van der Waals surface area contributed by atoms with Crippen molar-refractivity contribution >= 4 is 27.9 Å². The van der Waals surface area contributed by atoms with Crippen LogP contribution in [0.1, 0.15) is 30.0 Å². The lowest BCUT2D eigenvalue weighted by molar-refractivity contribution is 0.253. The molecule has 0 radical (unpaired) electrons. The summed E-state index contributed by atoms with van der Waals surface area (Å²) in [4.78, 5) is 2.42. The van der Waals surface area contributed by atoms with Gasteiger partial charge in [-0.1, -0.05) is 48.5 Å². The van der Waals surface area contributed by atoms with Crippen molar-refractivity contribution in [3.05, 3.63) is 65.9 Å². The second kappa shape index (κ2) is 8.15. The van der Waals surface area contributed by atoms with Crippen LogP contribution >= 0.6 is 17.0 Å². The van der Waals surface area contributed by atoms with Crippen LogP contribution in [0.4, 0.5) is 0 Å². The van der Waals surface area contributed by atoms with Crippen LogP contribution in [0.5, 0.6) is 0 Å². The first kappa shape index (κ1) is 18.2. The van der Waals surface area contributed by atoms with Gasteiger partial charge in [-0.25, -0.2) is 0 Å². The van der Waals surface area contributed by atoms with E-state index in [4.69, 9.17) is 5.10 Å². The zero-order valence-corrected chi connectivity index (χ0v) is 16.5. The number of aryl methyl sites for hydroxylation is 2. The van der Waals surface area contributed by atoms with E-state index in [9.17, 15) is 0 Å². The van der Waals surface area contributed by atoms with Crippen molar-refractivity contribution in [2.45, 2.75) is 31.7 Å². The summed E-state index contributed by atoms with van der Waals surface area (Å²) in [6.45, 7) is 3.29. The molecular formula is C21H26BrN3. The van der Waals surface area contributed by atoms with Crippen LogP contribution < -0.4 is 0 Å². The number of piperidine rings is 1. The average molecular weight is 400 g/mol. The molecular weight excluding hydrogens is 374 g/mol. The van der Waals surface area contributed by atoms with E-state index >= 15 is 0 Å². The van der Waals surface area contributed by atoms with E-state index < -0.39 is 0 Å². The van der Waals surface area contributed by atoms with Gasteiger partial charge in [-0.3, -0.25) is 4.68 Å². The van der Waals surface area contributed by atoms with Crippen LogP contribution in [0, 0.1) is 0 Å². The van der Waals surface area contributed by atoms with Crippen molar-refractivity contribution in [3.8, 4) is 0 Å². The Kier molecular flexibility index (Phi) is 5.92. The van der Waals surface area contributed by atoms with Gasteiger partial charge < -0.3 is 4.90 Å². The minimum atomic E-state index is 0. The van der Waals surface area contributed by atoms with Gasteiger partial charge in [0.05, 0.1) is 11.2 Å². The molecule has 2 heterocycles. The molecule has 0 saturated carbocycles. The predicted molar refractivity (Wildman–Crippen MR) is 110 cm³/mol. The maximum absolute atomic E-state index is 5.05. The summed E-state index contributed by atoms with van der Waals surface area (Å²) in [5.74, 6) is 0.601. The number of fused-ring (bicyclic) bond motifs is 1. The standard InChI is InChI=1S/C21H25N3.BrH/c1-23-14-12-18(13-15-23)21-19-9-5-6-10-20(19)24(22-21)16-11-17-7-3-2-4-8-17;/h2-10,18H,11-16H2,1H3;1H. The fraction of sp³-hybridized carbons (Fsp3) is 0.381. The minimum absolute atomic E-state index is 0. The number of hydrogen-bond acceptors (Lipinski definition) is 2. The molecule has 3 nitrogen and oxygen atoms in total. The molecule has 1 aliphatic rings. The van der Waals surface area contributed by atoms with E-state index in [1.165, 1.54) is 48.1 Å². The van der Waals surface area contributed by atoms with E-state index in [1.54, 1.807) is 0 Å². The maximum Gasteiger partial charge on any atom is 0.0735 e. The van der Waals surface area contributed by atoms with Crippen LogP contribution in [0.25, 0.3) is 10.9 Å². The van der Waals surface area contributed by atoms with E-state index in [0.717, 1.165) is 13.0 Å². The molecule has 0 aliphatic carbocycles. The molecule has 1 aromatic heterocycles. The summed E-state index contributed by atoms with van der Waals surface area (Å²) < 4.78 is 2.22. The van der Waals surface area contributed by atoms with E-state index in [1.807, 2.05) is 0 Å². The van der Waals surface area contributed by atoms with Gasteiger partial charge in [0.2, 0.25) is 0 Å². The van der Waals surface area contributed by atoms with Gasteiger partial charge in [0.15, 0.2) is 0 Å². The quantitative estimate of drug-likeness (QED) is 0.635. The number of para-hydroxylation sites is 1. The van der Waals surface area contributed by atoms with Crippen molar-refractivity contribution < 1.29 is 0 Å². The number of benzene rings is 2. The Hall–Kier alpha value is -1.65. The molecule has 0 atom stereocenters. The fourth-order valence-corrected chi connectivity index (χ4v) is 3.79. The Balaban J connectivity index is 0.00000182. The van der Waals surface area contributed by atoms with Crippen LogP contribution in [0.15, 0.2) is 54.6 Å². The Morgan fingerprint density at radius 3 is 2.40 bits per heavy atom. The van der Waals surface area contributed by atoms with Gasteiger partial charge in [0, 0.05) is 17.8 Å². The molecule has 1 fully saturated rings. The lowest BCUT2D eigenvalue weighted by Crippen LogP contribution is -2.29. The Morgan fingerprint density at radius 2 is 1.64 bits per heavy atom. The Morgan fingerprint density at radius 1 is 0.960 bits per heavy atom. The van der Waals surface area contributed by atoms with E-state index in [0.29, 0.717) is 5.92 Å². The number of rotatable bonds is 4. The third-order valence-electron chi connectivity index (χ3n) is 5.25. The van der Waals surface area contributed by atoms with Crippen molar-refractivity contribution in [1.82, 2.24) is 14.7 Å². The van der Waals surface area contributed by atoms with Gasteiger partial charge in [-0.2, -0.15) is 5.10 Å². The van der Waals surface area contributed by atoms with Gasteiger partial charge >= 0.3 is 0 Å². The first-order valence-corrected chi connectivity index (χ1v) is 8.99. The lowest BCUT2D eigenvalue weighted by atomic mass is 9.92. The normalized spacial score (nSPS) is 16.0. The van der Waals surface area contributed by atoms with E-state index in [2.05, 4.69) is 71.2 Å². The lowest BCUT2D eigenvalue weighted by Gasteiger charge is -2.28. The highest BCUT2D eigenvalue weighted by Gasteiger charge is 2.23. The molecule has 132 valence electrons. The first-order valence-electron chi connectivity index (χ1n) is 8.99. The second-order valence-corrected chi connectivity index (χ2v) is 6.94. The SMILES string of the molecule is Br.CN1CCC(c2nn(CCc3ccccc3)c3ccccc23)CC1. The highest BCUT2D eigenvalue weighted by atomic mass is 79.9. The van der Waals surface area contributed by atoms with Crippen LogP contribution in [0.2, 0.25) is 0 Å². The summed E-state index contributed by atoms with van der Waals surface area (Å²) in [5.41, 5.74) is 3.96. The predicted octanol–water partition coefficient (Wildman–Crippen LogP) is 4.67. The molecule has 0 N–H and O–H groups in total. The Labute approximate surface area is 160 Å². The highest BCUT2D eigenvalue weighted by Crippen LogP contribution is 2.32. The van der Waals surface area contributed by atoms with Crippen molar-refractivity contribution in [1.29, 1.82) is 0 Å². The third-order valence-corrected chi connectivity index (χ3v) is 5.25. The number of aromatic nitrogens is 2. The molecule has 1 aliphatic heterocycles. The number of hydrogen-bond donors (Lipinski definition) is 0. The van der Waals surface area contributed by atoms with Crippen molar-refractivity contribution in [2.24, 2.45) is 0 Å². The molecule has 0 bridgehead atoms. The second-order valence-electron chi connectivity index (χ2n) is 6.94. The smallest absolute Gasteiger partial charge is 0.0735 e. The topological polar surface area (TPSA) is 21.1 Å². The molecule has 4 heteroatoms. The minimum Gasteiger partial charge on any atom is -0.306 e. The zero-order chi connectivity index (χ0) is 16.4. The number of nitrogens with zero attached hydrogens (tertiary/aromatic N) is 3. The number of halogens is 1. The molecule has 1 saturated heterocycles. The summed E-state index contributed by atoms with van der Waals surface area (Å²) in [5, 5.41) is 6.40. The van der Waals surface area contributed by atoms with Crippen LogP contribution in [-0.4, -0.2) is 34.8 Å². The Bertz CT molecular complexity index is 804. The van der Waals surface area contributed by atoms with Crippen molar-refractivity contribution in [3.63, 3.8) is 0 Å². The number of likely N-dealkylation sites (tertiary alicyclic amines) is 1. The van der Waals surface area contributed by atoms with Crippen LogP contribution in [0.3, 0.4) is 0 Å². The molecule has 25 heavy (non-hydrogen) atoms. The first-order chi connectivity index (χ1) is 11.8. The van der Waals surface area contributed by atoms with E-state index in [-0.39, 0.29) is 17.0 Å².